The quantitative estimate of drug-likeness (QED) is 0.423. The molecule has 0 saturated carbocycles. The Bertz CT molecular complexity index is 957. The summed E-state index contributed by atoms with van der Waals surface area (Å²) in [4.78, 5) is 26.5. The van der Waals surface area contributed by atoms with Gasteiger partial charge in [-0.15, -0.1) is 11.8 Å². The van der Waals surface area contributed by atoms with Crippen LogP contribution >= 0.6 is 27.7 Å². The predicted octanol–water partition coefficient (Wildman–Crippen LogP) is 5.65. The van der Waals surface area contributed by atoms with E-state index in [1.54, 1.807) is 48.2 Å². The van der Waals surface area contributed by atoms with E-state index in [2.05, 4.69) is 21.2 Å². The summed E-state index contributed by atoms with van der Waals surface area (Å²) in [5.41, 5.74) is 2.06. The highest BCUT2D eigenvalue weighted by atomic mass is 79.9. The lowest BCUT2D eigenvalue weighted by molar-refractivity contribution is 0.102. The van der Waals surface area contributed by atoms with Gasteiger partial charge in [0.1, 0.15) is 0 Å². The zero-order valence-electron chi connectivity index (χ0n) is 14.0. The fourth-order valence-electron chi connectivity index (χ4n) is 2.52. The Labute approximate surface area is 165 Å². The molecule has 0 unspecified atom stereocenters. The molecule has 0 heterocycles. The third kappa shape index (κ3) is 4.23. The van der Waals surface area contributed by atoms with Gasteiger partial charge < -0.3 is 5.32 Å². The summed E-state index contributed by atoms with van der Waals surface area (Å²) >= 11 is 4.97. The first-order valence-electron chi connectivity index (χ1n) is 7.93. The number of carbonyl (C=O) groups excluding carboxylic acids is 2. The van der Waals surface area contributed by atoms with Crippen LogP contribution in [0.25, 0.3) is 0 Å². The number of ketones is 1. The number of hydrogen-bond donors (Lipinski definition) is 1. The Morgan fingerprint density at radius 2 is 1.62 bits per heavy atom. The van der Waals surface area contributed by atoms with Gasteiger partial charge in [0, 0.05) is 26.1 Å². The van der Waals surface area contributed by atoms with Gasteiger partial charge in [-0.25, -0.2) is 0 Å². The minimum Gasteiger partial charge on any atom is -0.321 e. The molecule has 0 bridgehead atoms. The molecule has 0 radical (unpaired) electrons. The van der Waals surface area contributed by atoms with Gasteiger partial charge in [0.05, 0.1) is 5.69 Å². The third-order valence-electron chi connectivity index (χ3n) is 3.84. The molecule has 3 aromatic rings. The molecule has 1 amide bonds. The fourth-order valence-corrected chi connectivity index (χ4v) is 3.34. The molecule has 5 heteroatoms. The van der Waals surface area contributed by atoms with E-state index in [0.29, 0.717) is 22.4 Å². The van der Waals surface area contributed by atoms with Crippen LogP contribution < -0.4 is 5.32 Å². The molecule has 0 spiro atoms. The minimum absolute atomic E-state index is 0.139. The van der Waals surface area contributed by atoms with E-state index in [9.17, 15) is 9.59 Å². The largest absolute Gasteiger partial charge is 0.321 e. The molecular weight excluding hydrogens is 410 g/mol. The summed E-state index contributed by atoms with van der Waals surface area (Å²) in [5.74, 6) is -0.384. The van der Waals surface area contributed by atoms with Crippen LogP contribution in [0.3, 0.4) is 0 Å². The first kappa shape index (κ1) is 18.4. The predicted molar refractivity (Wildman–Crippen MR) is 110 cm³/mol. The molecule has 1 N–H and O–H groups in total. The summed E-state index contributed by atoms with van der Waals surface area (Å²) in [6.45, 7) is 0. The Hall–Kier alpha value is -2.37. The van der Waals surface area contributed by atoms with Crippen LogP contribution in [-0.2, 0) is 0 Å². The van der Waals surface area contributed by atoms with Crippen molar-refractivity contribution in [1.29, 1.82) is 0 Å². The average Bonchev–Trinajstić information content (AvgIpc) is 2.69. The summed E-state index contributed by atoms with van der Waals surface area (Å²) in [6, 6.07) is 21.7. The Morgan fingerprint density at radius 3 is 2.35 bits per heavy atom. The second-order valence-corrected chi connectivity index (χ2v) is 7.37. The van der Waals surface area contributed by atoms with E-state index >= 15 is 0 Å². The Balaban J connectivity index is 1.93. The van der Waals surface area contributed by atoms with Gasteiger partial charge in [-0.1, -0.05) is 52.3 Å². The zero-order valence-corrected chi connectivity index (χ0v) is 16.4. The molecule has 0 atom stereocenters. The maximum Gasteiger partial charge on any atom is 0.255 e. The molecule has 0 saturated heterocycles. The number of nitrogens with one attached hydrogen (secondary N) is 1. The second kappa shape index (κ2) is 8.34. The molecule has 3 rings (SSSR count). The third-order valence-corrected chi connectivity index (χ3v) is 5.06. The Kier molecular flexibility index (Phi) is 5.91. The maximum absolute atomic E-state index is 12.9. The molecule has 130 valence electrons. The van der Waals surface area contributed by atoms with Crippen molar-refractivity contribution in [3.8, 4) is 0 Å². The molecule has 0 aliphatic heterocycles. The number of carbonyl (C=O) groups is 2. The number of benzene rings is 3. The van der Waals surface area contributed by atoms with Gasteiger partial charge in [0.2, 0.25) is 0 Å². The van der Waals surface area contributed by atoms with Gasteiger partial charge >= 0.3 is 0 Å². The highest BCUT2D eigenvalue weighted by Crippen LogP contribution is 2.25. The van der Waals surface area contributed by atoms with E-state index in [-0.39, 0.29) is 11.7 Å². The van der Waals surface area contributed by atoms with Gasteiger partial charge in [-0.2, -0.15) is 0 Å². The summed E-state index contributed by atoms with van der Waals surface area (Å²) in [7, 11) is 0. The van der Waals surface area contributed by atoms with Gasteiger partial charge in [0.15, 0.2) is 5.78 Å². The van der Waals surface area contributed by atoms with E-state index in [4.69, 9.17) is 0 Å². The highest BCUT2D eigenvalue weighted by Gasteiger charge is 2.16. The second-order valence-electron chi connectivity index (χ2n) is 5.57. The van der Waals surface area contributed by atoms with Crippen molar-refractivity contribution >= 4 is 45.1 Å². The van der Waals surface area contributed by atoms with Crippen LogP contribution in [0.1, 0.15) is 26.3 Å². The number of hydrogen-bond acceptors (Lipinski definition) is 3. The van der Waals surface area contributed by atoms with Crippen molar-refractivity contribution in [2.45, 2.75) is 4.90 Å². The van der Waals surface area contributed by atoms with Crippen LogP contribution in [0.4, 0.5) is 5.69 Å². The normalized spacial score (nSPS) is 10.4. The van der Waals surface area contributed by atoms with E-state index in [1.807, 2.05) is 42.7 Å². The minimum atomic E-state index is -0.245. The summed E-state index contributed by atoms with van der Waals surface area (Å²) < 4.78 is 0.777. The molecule has 0 aromatic heterocycles. The smallest absolute Gasteiger partial charge is 0.255 e. The molecule has 0 fully saturated rings. The number of rotatable bonds is 5. The summed E-state index contributed by atoms with van der Waals surface area (Å²) in [5, 5.41) is 2.87. The van der Waals surface area contributed by atoms with Crippen molar-refractivity contribution in [2.24, 2.45) is 0 Å². The number of amides is 1. The average molecular weight is 426 g/mol. The lowest BCUT2D eigenvalue weighted by Gasteiger charge is -2.12. The van der Waals surface area contributed by atoms with Gasteiger partial charge in [-0.3, -0.25) is 9.59 Å². The van der Waals surface area contributed by atoms with Crippen LogP contribution in [-0.4, -0.2) is 17.9 Å². The van der Waals surface area contributed by atoms with Gasteiger partial charge in [-0.05, 0) is 42.7 Å². The van der Waals surface area contributed by atoms with Crippen molar-refractivity contribution < 1.29 is 9.59 Å². The Morgan fingerprint density at radius 1 is 0.885 bits per heavy atom. The van der Waals surface area contributed by atoms with E-state index in [0.717, 1.165) is 9.37 Å². The van der Waals surface area contributed by atoms with Crippen molar-refractivity contribution in [1.82, 2.24) is 0 Å². The van der Waals surface area contributed by atoms with Crippen molar-refractivity contribution in [3.63, 3.8) is 0 Å². The maximum atomic E-state index is 12.9. The van der Waals surface area contributed by atoms with Crippen molar-refractivity contribution in [3.05, 3.63) is 94.0 Å². The fraction of sp³-hybridized carbons (Fsp3) is 0.0476. The monoisotopic (exact) mass is 425 g/mol. The summed E-state index contributed by atoms with van der Waals surface area (Å²) in [6.07, 6.45) is 1.96. The number of anilines is 1. The zero-order chi connectivity index (χ0) is 18.5. The molecule has 3 nitrogen and oxygen atoms in total. The first-order valence-corrected chi connectivity index (χ1v) is 9.95. The van der Waals surface area contributed by atoms with Crippen LogP contribution in [0.15, 0.2) is 82.2 Å². The lowest BCUT2D eigenvalue weighted by atomic mass is 10.0. The molecular formula is C21H16BrNO2S. The van der Waals surface area contributed by atoms with Crippen LogP contribution in [0.5, 0.6) is 0 Å². The topological polar surface area (TPSA) is 46.2 Å². The first-order chi connectivity index (χ1) is 12.6. The molecule has 0 aliphatic rings. The molecule has 0 aliphatic carbocycles. The van der Waals surface area contributed by atoms with E-state index in [1.165, 1.54) is 0 Å². The standard InChI is InChI=1S/C21H16BrNO2S/c1-26-17-9-5-8-15(12-17)21(25)23-19-11-10-16(22)13-18(19)20(24)14-6-3-2-4-7-14/h2-13H,1H3,(H,23,25). The SMILES string of the molecule is CSc1cccc(C(=O)Nc2ccc(Br)cc2C(=O)c2ccccc2)c1. The van der Waals surface area contributed by atoms with Crippen molar-refractivity contribution in [2.75, 3.05) is 11.6 Å². The number of halogens is 1. The van der Waals surface area contributed by atoms with Crippen LogP contribution in [0.2, 0.25) is 0 Å². The van der Waals surface area contributed by atoms with E-state index < -0.39 is 0 Å². The highest BCUT2D eigenvalue weighted by molar-refractivity contribution is 9.10. The number of thioether (sulfide) groups is 1. The van der Waals surface area contributed by atoms with Crippen LogP contribution in [0, 0.1) is 0 Å². The lowest BCUT2D eigenvalue weighted by Crippen LogP contribution is -2.15. The molecule has 26 heavy (non-hydrogen) atoms. The molecule has 3 aromatic carbocycles. The van der Waals surface area contributed by atoms with Gasteiger partial charge in [0.25, 0.3) is 5.91 Å².